The standard InChI is InChI=1S/C20H23NO3/c22-20(13-12-17-8-4-5-14-23-17)21-16-7-6-11-19(15-16)24-18-9-2-1-3-10-18/h1-3,6-7,9-11,15,17H,4-5,8,12-14H2,(H,21,22). The van der Waals surface area contributed by atoms with Crippen LogP contribution in [0.4, 0.5) is 5.69 Å². The van der Waals surface area contributed by atoms with Crippen LogP contribution in [0.5, 0.6) is 11.5 Å². The lowest BCUT2D eigenvalue weighted by molar-refractivity contribution is -0.117. The molecule has 0 spiro atoms. The summed E-state index contributed by atoms with van der Waals surface area (Å²) in [5.74, 6) is 1.49. The van der Waals surface area contributed by atoms with Crippen LogP contribution in [0.2, 0.25) is 0 Å². The van der Waals surface area contributed by atoms with E-state index in [4.69, 9.17) is 9.47 Å². The van der Waals surface area contributed by atoms with Gasteiger partial charge in [-0.15, -0.1) is 0 Å². The third-order valence-corrected chi connectivity index (χ3v) is 4.06. The highest BCUT2D eigenvalue weighted by molar-refractivity contribution is 5.90. The molecule has 1 aliphatic rings. The van der Waals surface area contributed by atoms with Crippen LogP contribution < -0.4 is 10.1 Å². The smallest absolute Gasteiger partial charge is 0.224 e. The highest BCUT2D eigenvalue weighted by Crippen LogP contribution is 2.24. The second kappa shape index (κ2) is 8.50. The van der Waals surface area contributed by atoms with Gasteiger partial charge in [-0.2, -0.15) is 0 Å². The quantitative estimate of drug-likeness (QED) is 0.832. The minimum atomic E-state index is 0.0148. The van der Waals surface area contributed by atoms with Crippen LogP contribution in [-0.2, 0) is 9.53 Å². The Labute approximate surface area is 142 Å². The third-order valence-electron chi connectivity index (χ3n) is 4.06. The molecule has 1 fully saturated rings. The molecule has 24 heavy (non-hydrogen) atoms. The van der Waals surface area contributed by atoms with Gasteiger partial charge in [-0.3, -0.25) is 4.79 Å². The van der Waals surface area contributed by atoms with E-state index in [1.54, 1.807) is 0 Å². The molecule has 1 heterocycles. The summed E-state index contributed by atoms with van der Waals surface area (Å²) in [6, 6.07) is 17.0. The molecule has 4 nitrogen and oxygen atoms in total. The molecule has 0 radical (unpaired) electrons. The van der Waals surface area contributed by atoms with Crippen molar-refractivity contribution in [2.75, 3.05) is 11.9 Å². The van der Waals surface area contributed by atoms with Crippen LogP contribution in [-0.4, -0.2) is 18.6 Å². The number of nitrogens with one attached hydrogen (secondary N) is 1. The summed E-state index contributed by atoms with van der Waals surface area (Å²) in [6.07, 6.45) is 4.90. The number of ether oxygens (including phenoxy) is 2. The average molecular weight is 325 g/mol. The SMILES string of the molecule is O=C(CCC1CCCCO1)Nc1cccc(Oc2ccccc2)c1. The number of carbonyl (C=O) groups excluding carboxylic acids is 1. The van der Waals surface area contributed by atoms with E-state index < -0.39 is 0 Å². The summed E-state index contributed by atoms with van der Waals surface area (Å²) < 4.78 is 11.4. The lowest BCUT2D eigenvalue weighted by Crippen LogP contribution is -2.21. The number of benzene rings is 2. The third kappa shape index (κ3) is 5.10. The summed E-state index contributed by atoms with van der Waals surface area (Å²) in [6.45, 7) is 0.825. The Hall–Kier alpha value is -2.33. The first-order valence-electron chi connectivity index (χ1n) is 8.54. The molecule has 0 bridgehead atoms. The van der Waals surface area contributed by atoms with Crippen LogP contribution in [0.15, 0.2) is 54.6 Å². The van der Waals surface area contributed by atoms with E-state index in [1.165, 1.54) is 6.42 Å². The summed E-state index contributed by atoms with van der Waals surface area (Å²) in [4.78, 5) is 12.1. The van der Waals surface area contributed by atoms with Crippen molar-refractivity contribution in [2.45, 2.75) is 38.2 Å². The summed E-state index contributed by atoms with van der Waals surface area (Å²) in [7, 11) is 0. The molecule has 4 heteroatoms. The molecule has 0 saturated carbocycles. The molecular formula is C20H23NO3. The van der Waals surface area contributed by atoms with Crippen molar-refractivity contribution < 1.29 is 14.3 Å². The maximum absolute atomic E-state index is 12.1. The van der Waals surface area contributed by atoms with Gasteiger partial charge in [0.2, 0.25) is 5.91 Å². The van der Waals surface area contributed by atoms with Crippen LogP contribution >= 0.6 is 0 Å². The molecule has 2 aromatic rings. The number of hydrogen-bond acceptors (Lipinski definition) is 3. The topological polar surface area (TPSA) is 47.6 Å². The van der Waals surface area contributed by atoms with Crippen molar-refractivity contribution >= 4 is 11.6 Å². The maximum Gasteiger partial charge on any atom is 0.224 e. The van der Waals surface area contributed by atoms with Gasteiger partial charge in [0.05, 0.1) is 6.10 Å². The van der Waals surface area contributed by atoms with E-state index in [1.807, 2.05) is 54.6 Å². The molecule has 1 atom stereocenters. The molecule has 1 unspecified atom stereocenters. The molecule has 126 valence electrons. The predicted octanol–water partition coefficient (Wildman–Crippen LogP) is 4.77. The first-order valence-corrected chi connectivity index (χ1v) is 8.54. The molecule has 2 aromatic carbocycles. The molecule has 1 N–H and O–H groups in total. The number of carbonyl (C=O) groups is 1. The number of amides is 1. The molecule has 0 aromatic heterocycles. The highest BCUT2D eigenvalue weighted by atomic mass is 16.5. The van der Waals surface area contributed by atoms with Gasteiger partial charge in [0, 0.05) is 24.8 Å². The number of anilines is 1. The largest absolute Gasteiger partial charge is 0.457 e. The lowest BCUT2D eigenvalue weighted by Gasteiger charge is -2.22. The lowest BCUT2D eigenvalue weighted by atomic mass is 10.0. The van der Waals surface area contributed by atoms with Crippen LogP contribution in [0.25, 0.3) is 0 Å². The van der Waals surface area contributed by atoms with Gasteiger partial charge in [-0.1, -0.05) is 24.3 Å². The molecule has 1 saturated heterocycles. The minimum absolute atomic E-state index is 0.0148. The number of hydrogen-bond donors (Lipinski definition) is 1. The Morgan fingerprint density at radius 3 is 2.71 bits per heavy atom. The van der Waals surface area contributed by atoms with Crippen molar-refractivity contribution in [3.05, 3.63) is 54.6 Å². The van der Waals surface area contributed by atoms with E-state index in [0.717, 1.165) is 37.3 Å². The first-order chi connectivity index (χ1) is 11.8. The normalized spacial score (nSPS) is 17.2. The van der Waals surface area contributed by atoms with Crippen LogP contribution in [0.3, 0.4) is 0 Å². The van der Waals surface area contributed by atoms with Crippen molar-refractivity contribution in [3.63, 3.8) is 0 Å². The molecule has 1 aliphatic heterocycles. The van der Waals surface area contributed by atoms with Gasteiger partial charge in [-0.05, 0) is 49.9 Å². The van der Waals surface area contributed by atoms with Gasteiger partial charge < -0.3 is 14.8 Å². The Morgan fingerprint density at radius 1 is 1.08 bits per heavy atom. The zero-order chi connectivity index (χ0) is 16.6. The summed E-state index contributed by atoms with van der Waals surface area (Å²) in [5, 5.41) is 2.93. The Balaban J connectivity index is 1.51. The van der Waals surface area contributed by atoms with Gasteiger partial charge in [0.1, 0.15) is 11.5 Å². The van der Waals surface area contributed by atoms with Crippen molar-refractivity contribution in [3.8, 4) is 11.5 Å². The predicted molar refractivity (Wildman–Crippen MR) is 94.4 cm³/mol. The van der Waals surface area contributed by atoms with E-state index in [9.17, 15) is 4.79 Å². The van der Waals surface area contributed by atoms with Crippen molar-refractivity contribution in [2.24, 2.45) is 0 Å². The van der Waals surface area contributed by atoms with E-state index >= 15 is 0 Å². The van der Waals surface area contributed by atoms with E-state index in [2.05, 4.69) is 5.32 Å². The van der Waals surface area contributed by atoms with Gasteiger partial charge in [0.25, 0.3) is 0 Å². The van der Waals surface area contributed by atoms with Gasteiger partial charge in [0.15, 0.2) is 0 Å². The van der Waals surface area contributed by atoms with Gasteiger partial charge >= 0.3 is 0 Å². The second-order valence-corrected chi connectivity index (χ2v) is 6.02. The van der Waals surface area contributed by atoms with Gasteiger partial charge in [-0.25, -0.2) is 0 Å². The molecule has 1 amide bonds. The Morgan fingerprint density at radius 2 is 1.92 bits per heavy atom. The fraction of sp³-hybridized carbons (Fsp3) is 0.350. The molecular weight excluding hydrogens is 302 g/mol. The summed E-state index contributed by atoms with van der Waals surface area (Å²) in [5.41, 5.74) is 0.748. The molecule has 0 aliphatic carbocycles. The van der Waals surface area contributed by atoms with Crippen LogP contribution in [0, 0.1) is 0 Å². The second-order valence-electron chi connectivity index (χ2n) is 6.02. The fourth-order valence-electron chi connectivity index (χ4n) is 2.81. The van der Waals surface area contributed by atoms with E-state index in [-0.39, 0.29) is 12.0 Å². The maximum atomic E-state index is 12.1. The minimum Gasteiger partial charge on any atom is -0.457 e. The monoisotopic (exact) mass is 325 g/mol. The van der Waals surface area contributed by atoms with Crippen molar-refractivity contribution in [1.82, 2.24) is 0 Å². The zero-order valence-corrected chi connectivity index (χ0v) is 13.7. The first kappa shape index (κ1) is 16.5. The van der Waals surface area contributed by atoms with E-state index in [0.29, 0.717) is 12.2 Å². The van der Waals surface area contributed by atoms with Crippen LogP contribution in [0.1, 0.15) is 32.1 Å². The average Bonchev–Trinajstić information content (AvgIpc) is 2.62. The highest BCUT2D eigenvalue weighted by Gasteiger charge is 2.15. The Kier molecular flexibility index (Phi) is 5.85. The zero-order valence-electron chi connectivity index (χ0n) is 13.7. The fourth-order valence-corrected chi connectivity index (χ4v) is 2.81. The van der Waals surface area contributed by atoms with Crippen molar-refractivity contribution in [1.29, 1.82) is 0 Å². The Bertz CT molecular complexity index is 651. The summed E-state index contributed by atoms with van der Waals surface area (Å²) >= 11 is 0. The molecule has 3 rings (SSSR count). The number of para-hydroxylation sites is 1. The number of rotatable bonds is 6.